The van der Waals surface area contributed by atoms with Crippen LogP contribution in [-0.2, 0) is 0 Å². The summed E-state index contributed by atoms with van der Waals surface area (Å²) in [7, 11) is 3.03. The smallest absolute Gasteiger partial charge is 0.215 e. The van der Waals surface area contributed by atoms with Gasteiger partial charge in [0.25, 0.3) is 0 Å². The minimum Gasteiger partial charge on any atom is -0.361 e. The normalized spacial score (nSPS) is 26.6. The van der Waals surface area contributed by atoms with Gasteiger partial charge in [0.05, 0.1) is 0 Å². The molecule has 0 saturated heterocycles. The highest BCUT2D eigenvalue weighted by molar-refractivity contribution is 6.57. The molecule has 2 unspecified atom stereocenters. The second kappa shape index (κ2) is 5.08. The molecular formula is C8H16B2N2O2. The van der Waals surface area contributed by atoms with Gasteiger partial charge in [-0.25, -0.2) is 0 Å². The van der Waals surface area contributed by atoms with E-state index in [1.807, 2.05) is 0 Å². The lowest BCUT2D eigenvalue weighted by Gasteiger charge is -2.32. The van der Waals surface area contributed by atoms with E-state index in [-0.39, 0.29) is 23.7 Å². The van der Waals surface area contributed by atoms with Crippen LogP contribution >= 0.6 is 0 Å². The van der Waals surface area contributed by atoms with Crippen molar-refractivity contribution < 1.29 is 9.59 Å². The first-order valence-corrected chi connectivity index (χ1v) is 5.14. The molecule has 0 aromatic rings. The van der Waals surface area contributed by atoms with Crippen molar-refractivity contribution in [1.82, 2.24) is 10.6 Å². The van der Waals surface area contributed by atoms with Gasteiger partial charge in [0.2, 0.25) is 15.7 Å². The van der Waals surface area contributed by atoms with Crippen LogP contribution in [0.2, 0.25) is 0 Å². The van der Waals surface area contributed by atoms with E-state index < -0.39 is 0 Å². The molecule has 0 aromatic heterocycles. The first kappa shape index (κ1) is 11.1. The molecule has 76 valence electrons. The number of carbonyl (C=O) groups excluding carboxylic acids is 2. The number of nitrogens with one attached hydrogen (secondary N) is 2. The van der Waals surface area contributed by atoms with Gasteiger partial charge in [-0.15, -0.1) is 0 Å². The van der Waals surface area contributed by atoms with Crippen LogP contribution in [0.25, 0.3) is 0 Å². The van der Waals surface area contributed by atoms with Crippen molar-refractivity contribution in [1.29, 1.82) is 0 Å². The summed E-state index contributed by atoms with van der Waals surface area (Å²) in [5.41, 5.74) is 0. The van der Waals surface area contributed by atoms with Crippen molar-refractivity contribution in [2.24, 2.45) is 0 Å². The molecule has 2 atom stereocenters. The van der Waals surface area contributed by atoms with Crippen molar-refractivity contribution in [3.63, 3.8) is 0 Å². The lowest BCUT2D eigenvalue weighted by Crippen LogP contribution is -2.52. The summed E-state index contributed by atoms with van der Waals surface area (Å²) in [6.07, 6.45) is 4.18. The second-order valence-corrected chi connectivity index (χ2v) is 3.90. The van der Waals surface area contributed by atoms with Crippen molar-refractivity contribution in [3.8, 4) is 0 Å². The van der Waals surface area contributed by atoms with Gasteiger partial charge in [-0.2, -0.15) is 0 Å². The maximum absolute atomic E-state index is 10.9. The van der Waals surface area contributed by atoms with Crippen LogP contribution in [0.5, 0.6) is 0 Å². The molecule has 0 aliphatic heterocycles. The molecule has 1 rings (SSSR count). The van der Waals surface area contributed by atoms with Crippen molar-refractivity contribution >= 4 is 27.3 Å². The minimum atomic E-state index is -0.0211. The van der Waals surface area contributed by atoms with Gasteiger partial charge in [0.15, 0.2) is 11.6 Å². The van der Waals surface area contributed by atoms with Gasteiger partial charge in [-0.3, -0.25) is 9.59 Å². The minimum absolute atomic E-state index is 0.0211. The maximum Gasteiger partial charge on any atom is 0.215 e. The highest BCUT2D eigenvalue weighted by atomic mass is 16.1. The Kier molecular flexibility index (Phi) is 4.04. The zero-order valence-electron chi connectivity index (χ0n) is 8.80. The zero-order chi connectivity index (χ0) is 10.6. The van der Waals surface area contributed by atoms with E-state index in [1.165, 1.54) is 15.7 Å². The summed E-state index contributed by atoms with van der Waals surface area (Å²) in [6.45, 7) is 0. The van der Waals surface area contributed by atoms with Crippen LogP contribution in [0.4, 0.5) is 9.59 Å². The Morgan fingerprint density at radius 2 is 1.29 bits per heavy atom. The molecule has 0 aromatic carbocycles. The Bertz CT molecular complexity index is 211. The first-order chi connectivity index (χ1) is 6.59. The Labute approximate surface area is 86.0 Å². The fourth-order valence-corrected chi connectivity index (χ4v) is 2.00. The molecule has 4 nitrogen and oxygen atoms in total. The molecule has 1 aliphatic rings. The molecule has 2 N–H and O–H groups in total. The third kappa shape index (κ3) is 3.44. The van der Waals surface area contributed by atoms with Gasteiger partial charge < -0.3 is 10.6 Å². The summed E-state index contributed by atoms with van der Waals surface area (Å²) >= 11 is 0. The third-order valence-corrected chi connectivity index (χ3v) is 2.54. The van der Waals surface area contributed by atoms with Crippen molar-refractivity contribution in [2.75, 3.05) is 0 Å². The molecule has 0 spiro atoms. The van der Waals surface area contributed by atoms with Crippen LogP contribution < -0.4 is 10.6 Å². The van der Waals surface area contributed by atoms with Crippen molar-refractivity contribution in [2.45, 2.75) is 37.8 Å². The third-order valence-electron chi connectivity index (χ3n) is 2.54. The summed E-state index contributed by atoms with van der Waals surface area (Å²) in [6, 6.07) is 0.232. The number of hydrogen-bond donors (Lipinski definition) is 2. The van der Waals surface area contributed by atoms with Gasteiger partial charge >= 0.3 is 0 Å². The number of amides is 2. The van der Waals surface area contributed by atoms with E-state index in [1.54, 1.807) is 0 Å². The lowest BCUT2D eigenvalue weighted by atomic mass is 9.88. The molecule has 0 bridgehead atoms. The van der Waals surface area contributed by atoms with E-state index in [0.29, 0.717) is 0 Å². The van der Waals surface area contributed by atoms with Crippen molar-refractivity contribution in [3.05, 3.63) is 0 Å². The number of rotatable bonds is 2. The van der Waals surface area contributed by atoms with Gasteiger partial charge in [0, 0.05) is 12.1 Å². The molecule has 1 aliphatic carbocycles. The Hall–Kier alpha value is -0.930. The molecule has 2 amide bonds. The molecule has 14 heavy (non-hydrogen) atoms. The molecule has 1 saturated carbocycles. The topological polar surface area (TPSA) is 58.2 Å². The monoisotopic (exact) mass is 194 g/mol. The predicted molar refractivity (Wildman–Crippen MR) is 60.2 cm³/mol. The fourth-order valence-electron chi connectivity index (χ4n) is 2.00. The summed E-state index contributed by atoms with van der Waals surface area (Å²) < 4.78 is 0. The maximum atomic E-state index is 10.9. The van der Waals surface area contributed by atoms with Gasteiger partial charge in [-0.05, 0) is 12.8 Å². The van der Waals surface area contributed by atoms with Gasteiger partial charge in [0.1, 0.15) is 0 Å². The van der Waals surface area contributed by atoms with Crippen LogP contribution in [0, 0.1) is 0 Å². The molecule has 1 fully saturated rings. The Balaban J connectivity index is 2.49. The highest BCUT2D eigenvalue weighted by Gasteiger charge is 2.25. The number of carbonyl (C=O) groups is 2. The SMILES string of the molecule is BC(=O)NC1CCCCC1NC(B)=O. The largest absolute Gasteiger partial charge is 0.361 e. The Morgan fingerprint density at radius 3 is 1.57 bits per heavy atom. The summed E-state index contributed by atoms with van der Waals surface area (Å²) in [4.78, 5) is 21.8. The second-order valence-electron chi connectivity index (χ2n) is 3.90. The van der Waals surface area contributed by atoms with E-state index in [2.05, 4.69) is 10.6 Å². The Morgan fingerprint density at radius 1 is 0.929 bits per heavy atom. The molecule has 0 radical (unpaired) electrons. The average molecular weight is 194 g/mol. The van der Waals surface area contributed by atoms with E-state index in [9.17, 15) is 9.59 Å². The summed E-state index contributed by atoms with van der Waals surface area (Å²) in [5, 5.41) is 5.77. The standard InChI is InChI=1S/C8H16B2N2O2/c9-7(13)11-5-3-1-2-4-6(5)12-8(10)14/h5-6H,1-4,9-10H2,(H,11,13)(H,12,14). The highest BCUT2D eigenvalue weighted by Crippen LogP contribution is 2.18. The van der Waals surface area contributed by atoms with Crippen LogP contribution in [0.15, 0.2) is 0 Å². The zero-order valence-corrected chi connectivity index (χ0v) is 8.80. The summed E-state index contributed by atoms with van der Waals surface area (Å²) in [5.74, 6) is -0.0421. The van der Waals surface area contributed by atoms with Crippen LogP contribution in [-0.4, -0.2) is 39.4 Å². The van der Waals surface area contributed by atoms with Gasteiger partial charge in [-0.1, -0.05) is 12.8 Å². The average Bonchev–Trinajstić information content (AvgIpc) is 2.06. The fraction of sp³-hybridized carbons (Fsp3) is 0.750. The van der Waals surface area contributed by atoms with E-state index >= 15 is 0 Å². The molecule has 6 heteroatoms. The van der Waals surface area contributed by atoms with Crippen LogP contribution in [0.3, 0.4) is 0 Å². The first-order valence-electron chi connectivity index (χ1n) is 5.14. The quantitative estimate of drug-likeness (QED) is 0.552. The van der Waals surface area contributed by atoms with E-state index in [0.717, 1.165) is 25.7 Å². The molecular weight excluding hydrogens is 178 g/mol. The van der Waals surface area contributed by atoms with Crippen LogP contribution in [0.1, 0.15) is 25.7 Å². The van der Waals surface area contributed by atoms with E-state index in [4.69, 9.17) is 0 Å². The lowest BCUT2D eigenvalue weighted by molar-refractivity contribution is 0.233. The molecule has 0 heterocycles. The number of hydrogen-bond acceptors (Lipinski definition) is 2. The predicted octanol–water partition coefficient (Wildman–Crippen LogP) is -1.02.